The zero-order valence-corrected chi connectivity index (χ0v) is 8.81. The lowest BCUT2D eigenvalue weighted by molar-refractivity contribution is 0.152. The van der Waals surface area contributed by atoms with Crippen LogP contribution in [-0.2, 0) is 0 Å². The van der Waals surface area contributed by atoms with Gasteiger partial charge >= 0.3 is 0 Å². The van der Waals surface area contributed by atoms with Gasteiger partial charge in [0.25, 0.3) is 0 Å². The van der Waals surface area contributed by atoms with Gasteiger partial charge < -0.3 is 10.4 Å². The van der Waals surface area contributed by atoms with Crippen molar-refractivity contribution in [2.75, 3.05) is 6.61 Å². The van der Waals surface area contributed by atoms with Crippen LogP contribution in [0.25, 0.3) is 0 Å². The van der Waals surface area contributed by atoms with Crippen molar-refractivity contribution >= 4 is 0 Å². The molecule has 1 rings (SSSR count). The van der Waals surface area contributed by atoms with Crippen molar-refractivity contribution in [3.8, 4) is 0 Å². The lowest BCUT2D eigenvalue weighted by Gasteiger charge is -2.27. The lowest BCUT2D eigenvalue weighted by atomic mass is 9.79. The first-order valence-electron chi connectivity index (χ1n) is 4.71. The third-order valence-electron chi connectivity index (χ3n) is 3.51. The fourth-order valence-corrected chi connectivity index (χ4v) is 2.55. The Bertz CT molecular complexity index is 175. The highest BCUT2D eigenvalue weighted by atomic mass is 16.3. The third kappa shape index (κ3) is 1.38. The van der Waals surface area contributed by atoms with Crippen LogP contribution in [0.4, 0.5) is 0 Å². The monoisotopic (exact) mass is 171 g/mol. The highest BCUT2D eigenvalue weighted by Crippen LogP contribution is 2.40. The van der Waals surface area contributed by atoms with Crippen LogP contribution in [-0.4, -0.2) is 22.8 Å². The summed E-state index contributed by atoms with van der Waals surface area (Å²) in [4.78, 5) is 0. The molecule has 0 spiro atoms. The van der Waals surface area contributed by atoms with Crippen LogP contribution < -0.4 is 5.32 Å². The Kier molecular flexibility index (Phi) is 2.26. The molecule has 0 aliphatic carbocycles. The Balaban J connectivity index is 2.88. The highest BCUT2D eigenvalue weighted by Gasteiger charge is 2.49. The van der Waals surface area contributed by atoms with Crippen LogP contribution >= 0.6 is 0 Å². The van der Waals surface area contributed by atoms with Crippen LogP contribution in [0.3, 0.4) is 0 Å². The fraction of sp³-hybridized carbons (Fsp3) is 1.00. The molecular formula is C10H21NO. The van der Waals surface area contributed by atoms with Gasteiger partial charge in [-0.3, -0.25) is 0 Å². The van der Waals surface area contributed by atoms with E-state index in [1.807, 2.05) is 0 Å². The average molecular weight is 171 g/mol. The predicted molar refractivity (Wildman–Crippen MR) is 51.0 cm³/mol. The summed E-state index contributed by atoms with van der Waals surface area (Å²) in [5, 5.41) is 12.8. The fourth-order valence-electron chi connectivity index (χ4n) is 2.55. The Hall–Kier alpha value is -0.0800. The second-order valence-corrected chi connectivity index (χ2v) is 5.15. The van der Waals surface area contributed by atoms with Gasteiger partial charge in [0.15, 0.2) is 0 Å². The van der Waals surface area contributed by atoms with E-state index in [1.54, 1.807) is 0 Å². The van der Waals surface area contributed by atoms with Crippen LogP contribution in [0.15, 0.2) is 0 Å². The maximum absolute atomic E-state index is 9.26. The van der Waals surface area contributed by atoms with Crippen molar-refractivity contribution in [3.63, 3.8) is 0 Å². The van der Waals surface area contributed by atoms with Crippen LogP contribution in [0.1, 0.15) is 34.6 Å². The van der Waals surface area contributed by atoms with Gasteiger partial charge in [0, 0.05) is 23.6 Å². The second-order valence-electron chi connectivity index (χ2n) is 5.15. The topological polar surface area (TPSA) is 32.3 Å². The maximum Gasteiger partial charge on any atom is 0.0479 e. The standard InChI is InChI=1S/C10H21NO/c1-7-8(6-12)10(4,5)11-9(7,2)3/h7-8,11-12H,6H2,1-5H3. The van der Waals surface area contributed by atoms with Crippen molar-refractivity contribution in [2.24, 2.45) is 11.8 Å². The summed E-state index contributed by atoms with van der Waals surface area (Å²) in [6.45, 7) is 11.2. The van der Waals surface area contributed by atoms with Crippen molar-refractivity contribution < 1.29 is 5.11 Å². The molecule has 2 N–H and O–H groups in total. The quantitative estimate of drug-likeness (QED) is 0.625. The molecule has 2 atom stereocenters. The van der Waals surface area contributed by atoms with E-state index in [4.69, 9.17) is 0 Å². The third-order valence-corrected chi connectivity index (χ3v) is 3.51. The van der Waals surface area contributed by atoms with Gasteiger partial charge in [0.1, 0.15) is 0 Å². The van der Waals surface area contributed by atoms with Crippen LogP contribution in [0.2, 0.25) is 0 Å². The van der Waals surface area contributed by atoms with E-state index in [0.717, 1.165) is 0 Å². The molecule has 2 nitrogen and oxygen atoms in total. The minimum atomic E-state index is 0.0671. The van der Waals surface area contributed by atoms with Crippen molar-refractivity contribution in [2.45, 2.75) is 45.7 Å². The molecule has 0 radical (unpaired) electrons. The molecule has 1 aliphatic heterocycles. The zero-order chi connectivity index (χ0) is 9.57. The molecule has 1 aliphatic rings. The summed E-state index contributed by atoms with van der Waals surface area (Å²) >= 11 is 0. The first-order valence-corrected chi connectivity index (χ1v) is 4.71. The van der Waals surface area contributed by atoms with E-state index < -0.39 is 0 Å². The van der Waals surface area contributed by atoms with Crippen molar-refractivity contribution in [1.29, 1.82) is 0 Å². The molecule has 0 saturated carbocycles. The van der Waals surface area contributed by atoms with Gasteiger partial charge in [-0.25, -0.2) is 0 Å². The number of aliphatic hydroxyl groups excluding tert-OH is 1. The summed E-state index contributed by atoms with van der Waals surface area (Å²) in [6.07, 6.45) is 0. The smallest absolute Gasteiger partial charge is 0.0479 e. The number of hydrogen-bond donors (Lipinski definition) is 2. The van der Waals surface area contributed by atoms with Gasteiger partial charge in [-0.2, -0.15) is 0 Å². The van der Waals surface area contributed by atoms with Crippen LogP contribution in [0, 0.1) is 11.8 Å². The predicted octanol–water partition coefficient (Wildman–Crippen LogP) is 1.39. The SMILES string of the molecule is CC1C(CO)C(C)(C)NC1(C)C. The number of rotatable bonds is 1. The molecule has 0 aromatic rings. The Labute approximate surface area is 75.4 Å². The first kappa shape index (κ1) is 10.0. The van der Waals surface area contributed by atoms with Gasteiger partial charge in [0.2, 0.25) is 0 Å². The minimum absolute atomic E-state index is 0.0671. The normalized spacial score (nSPS) is 38.5. The van der Waals surface area contributed by atoms with E-state index in [0.29, 0.717) is 11.8 Å². The van der Waals surface area contributed by atoms with E-state index in [9.17, 15) is 5.11 Å². The van der Waals surface area contributed by atoms with Crippen LogP contribution in [0.5, 0.6) is 0 Å². The lowest BCUT2D eigenvalue weighted by Crippen LogP contribution is -2.46. The molecule has 0 bridgehead atoms. The number of nitrogens with one attached hydrogen (secondary N) is 1. The summed E-state index contributed by atoms with van der Waals surface area (Å²) in [5.74, 6) is 0.894. The Morgan fingerprint density at radius 1 is 1.17 bits per heavy atom. The summed E-state index contributed by atoms with van der Waals surface area (Å²) in [7, 11) is 0. The van der Waals surface area contributed by atoms with E-state index in [1.165, 1.54) is 0 Å². The maximum atomic E-state index is 9.26. The molecule has 2 unspecified atom stereocenters. The van der Waals surface area contributed by atoms with Gasteiger partial charge in [-0.05, 0) is 33.6 Å². The second kappa shape index (κ2) is 2.71. The molecular weight excluding hydrogens is 150 g/mol. The summed E-state index contributed by atoms with van der Waals surface area (Å²) < 4.78 is 0. The molecule has 0 aromatic heterocycles. The van der Waals surface area contributed by atoms with Gasteiger partial charge in [-0.1, -0.05) is 6.92 Å². The molecule has 12 heavy (non-hydrogen) atoms. The first-order chi connectivity index (χ1) is 5.31. The number of aliphatic hydroxyl groups is 1. The molecule has 0 aromatic carbocycles. The number of hydrogen-bond acceptors (Lipinski definition) is 2. The molecule has 1 fully saturated rings. The van der Waals surface area contributed by atoms with Crippen molar-refractivity contribution in [3.05, 3.63) is 0 Å². The van der Waals surface area contributed by atoms with Gasteiger partial charge in [-0.15, -0.1) is 0 Å². The van der Waals surface area contributed by atoms with Gasteiger partial charge in [0.05, 0.1) is 0 Å². The van der Waals surface area contributed by atoms with E-state index in [2.05, 4.69) is 39.9 Å². The summed E-state index contributed by atoms with van der Waals surface area (Å²) in [5.41, 5.74) is 0.217. The molecule has 2 heteroatoms. The highest BCUT2D eigenvalue weighted by molar-refractivity contribution is 5.06. The largest absolute Gasteiger partial charge is 0.396 e. The molecule has 1 heterocycles. The average Bonchev–Trinajstić information content (AvgIpc) is 1.98. The molecule has 0 amide bonds. The molecule has 72 valence electrons. The Morgan fingerprint density at radius 2 is 1.67 bits per heavy atom. The van der Waals surface area contributed by atoms with E-state index in [-0.39, 0.29) is 17.7 Å². The van der Waals surface area contributed by atoms with Crippen molar-refractivity contribution in [1.82, 2.24) is 5.32 Å². The van der Waals surface area contributed by atoms with E-state index >= 15 is 0 Å². The minimum Gasteiger partial charge on any atom is -0.396 e. The molecule has 1 saturated heterocycles. The Morgan fingerprint density at radius 3 is 1.83 bits per heavy atom. The summed E-state index contributed by atoms with van der Waals surface area (Å²) in [6, 6.07) is 0. The zero-order valence-electron chi connectivity index (χ0n) is 8.81.